The van der Waals surface area contributed by atoms with Gasteiger partial charge in [0.05, 0.1) is 6.61 Å². The van der Waals surface area contributed by atoms with Crippen LogP contribution in [0.1, 0.15) is 49.4 Å². The van der Waals surface area contributed by atoms with E-state index < -0.39 is 0 Å². The number of hydrogen-bond donors (Lipinski definition) is 0. The minimum atomic E-state index is 0.105. The third-order valence-corrected chi connectivity index (χ3v) is 3.26. The summed E-state index contributed by atoms with van der Waals surface area (Å²) in [6.07, 6.45) is 7.72. The first-order chi connectivity index (χ1) is 8.79. The molecule has 0 unspecified atom stereocenters. The number of ether oxygens (including phenoxy) is 1. The highest BCUT2D eigenvalue weighted by atomic mass is 16.5. The zero-order chi connectivity index (χ0) is 12.8. The van der Waals surface area contributed by atoms with Gasteiger partial charge in [-0.2, -0.15) is 0 Å². The molecule has 18 heavy (non-hydrogen) atoms. The van der Waals surface area contributed by atoms with Gasteiger partial charge >= 0.3 is 0 Å². The maximum atomic E-state index is 12.1. The molecule has 2 heteroatoms. The average molecular weight is 244 g/mol. The van der Waals surface area contributed by atoms with Crippen LogP contribution >= 0.6 is 0 Å². The van der Waals surface area contributed by atoms with Crippen LogP contribution in [-0.4, -0.2) is 12.4 Å². The Morgan fingerprint density at radius 2 is 2.06 bits per heavy atom. The van der Waals surface area contributed by atoms with E-state index in [-0.39, 0.29) is 5.78 Å². The highest BCUT2D eigenvalue weighted by molar-refractivity contribution is 6.05. The molecule has 0 aromatic heterocycles. The second-order valence-corrected chi connectivity index (χ2v) is 4.69. The van der Waals surface area contributed by atoms with Crippen molar-refractivity contribution in [3.8, 4) is 5.75 Å². The molecule has 1 fully saturated rings. The zero-order valence-electron chi connectivity index (χ0n) is 10.9. The highest BCUT2D eigenvalue weighted by Gasteiger charge is 2.09. The maximum absolute atomic E-state index is 12.1. The van der Waals surface area contributed by atoms with Crippen molar-refractivity contribution in [3.63, 3.8) is 0 Å². The molecule has 96 valence electrons. The Hall–Kier alpha value is -1.57. The Morgan fingerprint density at radius 1 is 1.28 bits per heavy atom. The van der Waals surface area contributed by atoms with Crippen LogP contribution in [0.15, 0.2) is 35.9 Å². The van der Waals surface area contributed by atoms with Crippen LogP contribution in [0.3, 0.4) is 0 Å². The van der Waals surface area contributed by atoms with Gasteiger partial charge in [-0.25, -0.2) is 0 Å². The number of rotatable bonds is 4. The number of carbonyl (C=O) groups excluding carboxylic acids is 1. The van der Waals surface area contributed by atoms with Gasteiger partial charge in [-0.05, 0) is 50.8 Å². The highest BCUT2D eigenvalue weighted by Crippen LogP contribution is 2.23. The number of allylic oxidation sites excluding steroid dienone is 2. The smallest absolute Gasteiger partial charge is 0.185 e. The molecule has 0 amide bonds. The molecule has 0 heterocycles. The van der Waals surface area contributed by atoms with E-state index in [4.69, 9.17) is 4.74 Å². The first-order valence-electron chi connectivity index (χ1n) is 6.76. The van der Waals surface area contributed by atoms with E-state index in [9.17, 15) is 4.79 Å². The third-order valence-electron chi connectivity index (χ3n) is 3.26. The summed E-state index contributed by atoms with van der Waals surface area (Å²) in [5.74, 6) is 0.874. The van der Waals surface area contributed by atoms with Gasteiger partial charge in [-0.3, -0.25) is 4.79 Å². The van der Waals surface area contributed by atoms with Crippen LogP contribution in [0.25, 0.3) is 0 Å². The van der Waals surface area contributed by atoms with Crippen LogP contribution in [0.5, 0.6) is 5.75 Å². The van der Waals surface area contributed by atoms with E-state index in [2.05, 4.69) is 0 Å². The second kappa shape index (κ2) is 6.39. The van der Waals surface area contributed by atoms with E-state index in [1.165, 1.54) is 24.8 Å². The number of benzene rings is 1. The fourth-order valence-corrected chi connectivity index (χ4v) is 2.32. The van der Waals surface area contributed by atoms with Gasteiger partial charge < -0.3 is 4.74 Å². The normalized spacial score (nSPS) is 15.3. The lowest BCUT2D eigenvalue weighted by Crippen LogP contribution is -2.01. The number of ketones is 1. The van der Waals surface area contributed by atoms with Crippen molar-refractivity contribution in [1.29, 1.82) is 0 Å². The van der Waals surface area contributed by atoms with Gasteiger partial charge in [0, 0.05) is 5.56 Å². The molecular weight excluding hydrogens is 224 g/mol. The largest absolute Gasteiger partial charge is 0.494 e. The fourth-order valence-electron chi connectivity index (χ4n) is 2.32. The summed E-state index contributed by atoms with van der Waals surface area (Å²) in [6.45, 7) is 2.57. The Kier molecular flexibility index (Phi) is 4.57. The quantitative estimate of drug-likeness (QED) is 0.587. The summed E-state index contributed by atoms with van der Waals surface area (Å²) in [5.41, 5.74) is 2.02. The van der Waals surface area contributed by atoms with Gasteiger partial charge in [0.15, 0.2) is 5.78 Å². The van der Waals surface area contributed by atoms with E-state index in [0.717, 1.165) is 24.2 Å². The van der Waals surface area contributed by atoms with E-state index in [0.29, 0.717) is 6.61 Å². The standard InChI is InChI=1S/C16H20O2/c1-2-18-15-10-6-9-14(12-15)16(17)11-13-7-4-3-5-8-13/h6,9-12H,2-5,7-8H2,1H3. The molecule has 0 radical (unpaired) electrons. The van der Waals surface area contributed by atoms with E-state index >= 15 is 0 Å². The number of hydrogen-bond acceptors (Lipinski definition) is 2. The van der Waals surface area contributed by atoms with Crippen molar-refractivity contribution in [1.82, 2.24) is 0 Å². The molecule has 2 rings (SSSR count). The van der Waals surface area contributed by atoms with Crippen molar-refractivity contribution in [2.45, 2.75) is 39.0 Å². The molecule has 1 saturated carbocycles. The summed E-state index contributed by atoms with van der Waals surface area (Å²) in [6, 6.07) is 7.43. The molecule has 0 saturated heterocycles. The molecule has 2 nitrogen and oxygen atoms in total. The average Bonchev–Trinajstić information content (AvgIpc) is 2.40. The summed E-state index contributed by atoms with van der Waals surface area (Å²) in [4.78, 5) is 12.1. The second-order valence-electron chi connectivity index (χ2n) is 4.69. The van der Waals surface area contributed by atoms with E-state index in [1.54, 1.807) is 0 Å². The Balaban J connectivity index is 2.10. The molecule has 0 bridgehead atoms. The molecule has 1 aliphatic rings. The van der Waals surface area contributed by atoms with Crippen molar-refractivity contribution in [2.24, 2.45) is 0 Å². The monoisotopic (exact) mass is 244 g/mol. The molecule has 1 aromatic carbocycles. The Morgan fingerprint density at radius 3 is 2.78 bits per heavy atom. The fraction of sp³-hybridized carbons (Fsp3) is 0.438. The summed E-state index contributed by atoms with van der Waals surface area (Å²) in [5, 5.41) is 0. The van der Waals surface area contributed by atoms with Crippen LogP contribution in [0.4, 0.5) is 0 Å². The third kappa shape index (κ3) is 3.46. The van der Waals surface area contributed by atoms with Crippen LogP contribution in [-0.2, 0) is 0 Å². The molecule has 0 atom stereocenters. The predicted octanol–water partition coefficient (Wildman–Crippen LogP) is 4.16. The first-order valence-corrected chi connectivity index (χ1v) is 6.76. The minimum absolute atomic E-state index is 0.105. The summed E-state index contributed by atoms with van der Waals surface area (Å²) >= 11 is 0. The lowest BCUT2D eigenvalue weighted by molar-refractivity contribution is 0.104. The molecular formula is C16H20O2. The van der Waals surface area contributed by atoms with Gasteiger partial charge in [0.1, 0.15) is 5.75 Å². The van der Waals surface area contributed by atoms with Crippen molar-refractivity contribution in [2.75, 3.05) is 6.61 Å². The van der Waals surface area contributed by atoms with Crippen molar-refractivity contribution >= 4 is 5.78 Å². The molecule has 0 aliphatic heterocycles. The van der Waals surface area contributed by atoms with E-state index in [1.807, 2.05) is 37.3 Å². The Labute approximate surface area is 109 Å². The van der Waals surface area contributed by atoms with Gasteiger partial charge in [-0.15, -0.1) is 0 Å². The lowest BCUT2D eigenvalue weighted by Gasteiger charge is -2.13. The molecule has 0 N–H and O–H groups in total. The van der Waals surface area contributed by atoms with Gasteiger partial charge in [0.25, 0.3) is 0 Å². The molecule has 0 spiro atoms. The lowest BCUT2D eigenvalue weighted by atomic mass is 9.93. The topological polar surface area (TPSA) is 26.3 Å². The zero-order valence-corrected chi connectivity index (χ0v) is 10.9. The predicted molar refractivity (Wildman–Crippen MR) is 73.1 cm³/mol. The van der Waals surface area contributed by atoms with Crippen LogP contribution in [0.2, 0.25) is 0 Å². The molecule has 1 aliphatic carbocycles. The number of carbonyl (C=O) groups is 1. The van der Waals surface area contributed by atoms with Crippen molar-refractivity contribution < 1.29 is 9.53 Å². The van der Waals surface area contributed by atoms with Gasteiger partial charge in [-0.1, -0.05) is 24.1 Å². The Bertz CT molecular complexity index is 438. The maximum Gasteiger partial charge on any atom is 0.185 e. The van der Waals surface area contributed by atoms with Crippen molar-refractivity contribution in [3.05, 3.63) is 41.5 Å². The summed E-state index contributed by atoms with van der Waals surface area (Å²) in [7, 11) is 0. The summed E-state index contributed by atoms with van der Waals surface area (Å²) < 4.78 is 5.41. The minimum Gasteiger partial charge on any atom is -0.494 e. The molecule has 1 aromatic rings. The van der Waals surface area contributed by atoms with Crippen LogP contribution < -0.4 is 4.74 Å². The van der Waals surface area contributed by atoms with Crippen LogP contribution in [0, 0.1) is 0 Å². The SMILES string of the molecule is CCOc1cccc(C(=O)C=C2CCCCC2)c1. The first kappa shape index (κ1) is 12.9. The van der Waals surface area contributed by atoms with Gasteiger partial charge in [0.2, 0.25) is 0 Å².